The van der Waals surface area contributed by atoms with Crippen LogP contribution in [0, 0.1) is 10.1 Å². The smallest absolute Gasteiger partial charge is 0.283 e. The Bertz CT molecular complexity index is 1530. The predicted molar refractivity (Wildman–Crippen MR) is 146 cm³/mol. The Morgan fingerprint density at radius 2 is 1.74 bits per heavy atom. The van der Waals surface area contributed by atoms with Gasteiger partial charge in [-0.2, -0.15) is 8.42 Å². The number of alkyl halides is 1. The lowest BCUT2D eigenvalue weighted by Crippen LogP contribution is -3.14. The van der Waals surface area contributed by atoms with Crippen LogP contribution >= 0.6 is 15.9 Å². The summed E-state index contributed by atoms with van der Waals surface area (Å²) >= 11 is 3.23. The topological polar surface area (TPSA) is 206 Å². The summed E-state index contributed by atoms with van der Waals surface area (Å²) in [5.41, 5.74) is -1.25. The zero-order valence-electron chi connectivity index (χ0n) is 26.2. The molecule has 1 N–H and O–H groups in total. The van der Waals surface area contributed by atoms with Crippen LogP contribution in [0.25, 0.3) is 0 Å². The highest BCUT2D eigenvalue weighted by atomic mass is 79.9. The third-order valence-electron chi connectivity index (χ3n) is 5.09. The Kier molecular flexibility index (Phi) is 10.2. The molecule has 1 aliphatic rings. The zero-order chi connectivity index (χ0) is 34.5. The average Bonchev–Trinajstić information content (AvgIpc) is 2.84. The minimum absolute atomic E-state index is 0.0639. The molecule has 1 saturated heterocycles. The van der Waals surface area contributed by atoms with Crippen LogP contribution in [0.1, 0.15) is 24.1 Å². The first-order valence-electron chi connectivity index (χ1n) is 13.4. The van der Waals surface area contributed by atoms with Crippen LogP contribution in [0.4, 0.5) is 11.4 Å². The van der Waals surface area contributed by atoms with Gasteiger partial charge in [0.05, 0.1) is 73.9 Å². The number of likely N-dealkylation sites (N-methyl/N-ethyl adjacent to an activating group) is 1. The highest BCUT2D eigenvalue weighted by molar-refractivity contribution is 9.09. The molecule has 0 aromatic heterocycles. The lowest BCUT2D eigenvalue weighted by atomic mass is 10.1. The van der Waals surface area contributed by atoms with Crippen molar-refractivity contribution in [3.05, 3.63) is 27.8 Å². The van der Waals surface area contributed by atoms with Gasteiger partial charge in [-0.3, -0.25) is 19.1 Å². The third-order valence-corrected chi connectivity index (χ3v) is 7.16. The molecular weight excluding hydrogens is 648 g/mol. The van der Waals surface area contributed by atoms with E-state index in [9.17, 15) is 31.7 Å². The van der Waals surface area contributed by atoms with Gasteiger partial charge in [0.1, 0.15) is 5.56 Å². The molecule has 0 atom stereocenters. The van der Waals surface area contributed by atoms with Gasteiger partial charge < -0.3 is 19.3 Å². The van der Waals surface area contributed by atoms with E-state index in [0.717, 1.165) is 24.6 Å². The van der Waals surface area contributed by atoms with Crippen molar-refractivity contribution in [2.24, 2.45) is 0 Å². The van der Waals surface area contributed by atoms with Gasteiger partial charge >= 0.3 is 0 Å². The number of sulfone groups is 1. The quantitative estimate of drug-likeness (QED) is 0.0948. The first-order chi connectivity index (χ1) is 19.7. The van der Waals surface area contributed by atoms with E-state index >= 15 is 0 Å². The second-order valence-electron chi connectivity index (χ2n) is 8.29. The molecule has 1 aromatic carbocycles. The molecule has 1 heterocycles. The van der Waals surface area contributed by atoms with Gasteiger partial charge in [0, 0.05) is 41.1 Å². The Morgan fingerprint density at radius 3 is 2.18 bits per heavy atom. The minimum Gasteiger partial charge on any atom is -0.748 e. The second-order valence-corrected chi connectivity index (χ2v) is 14.1. The molecule has 19 heteroatoms. The number of halogens is 1. The minimum atomic E-state index is -4.05. The lowest BCUT2D eigenvalue weighted by molar-refractivity contribution is -0.902. The summed E-state index contributed by atoms with van der Waals surface area (Å²) in [5, 5.41) is 12.2. The van der Waals surface area contributed by atoms with E-state index in [-0.39, 0.29) is 56.5 Å². The fourth-order valence-electron chi connectivity index (χ4n) is 3.45. The van der Waals surface area contributed by atoms with E-state index in [1.54, 1.807) is 0 Å². The highest BCUT2D eigenvalue weighted by Gasteiger charge is 2.32. The molecule has 39 heavy (non-hydrogen) atoms. The maximum Gasteiger partial charge on any atom is 0.283 e. The molecule has 0 aliphatic carbocycles. The maximum absolute atomic E-state index is 13.4. The monoisotopic (exact) mass is 685 g/mol. The van der Waals surface area contributed by atoms with Crippen LogP contribution in [0.2, 0.25) is 0 Å². The molecule has 0 saturated carbocycles. The lowest BCUT2D eigenvalue weighted by Gasteiger charge is -2.32. The van der Waals surface area contributed by atoms with Gasteiger partial charge in [0.25, 0.3) is 21.7 Å². The van der Waals surface area contributed by atoms with E-state index in [1.165, 1.54) is 9.80 Å². The molecule has 0 radical (unpaired) electrons. The molecule has 0 bridgehead atoms. The first kappa shape index (κ1) is 27.3. The number of piperazine rings is 1. The number of benzene rings is 1. The maximum atomic E-state index is 13.4. The van der Waals surface area contributed by atoms with Crippen molar-refractivity contribution < 1.29 is 55.5 Å². The molecule has 2 rings (SSSR count). The summed E-state index contributed by atoms with van der Waals surface area (Å²) in [4.78, 5) is 26.7. The molecule has 1 aromatic rings. The van der Waals surface area contributed by atoms with Gasteiger partial charge in [-0.15, -0.1) is 0 Å². The fraction of sp³-hybridized carbons (Fsp3) is 0.650. The van der Waals surface area contributed by atoms with Crippen LogP contribution in [-0.2, 0) is 34.3 Å². The summed E-state index contributed by atoms with van der Waals surface area (Å²) < 4.78 is 118. The number of anilines is 1. The predicted octanol–water partition coefficient (Wildman–Crippen LogP) is -1.30. The number of rotatable bonds is 11. The van der Waals surface area contributed by atoms with E-state index in [4.69, 9.17) is 24.0 Å². The number of nitro benzene ring substituents is 1. The Morgan fingerprint density at radius 1 is 1.18 bits per heavy atom. The number of nitrogens with one attached hydrogen (secondary N) is 1. The molecular formula is C20H33BrN4O11S3. The van der Waals surface area contributed by atoms with Crippen molar-refractivity contribution in [1.82, 2.24) is 4.90 Å². The number of hydrogen-bond acceptors (Lipinski definition) is 12. The van der Waals surface area contributed by atoms with Crippen molar-refractivity contribution >= 4 is 63.3 Å². The molecule has 1 fully saturated rings. The normalized spacial score (nSPS) is 17.5. The molecule has 224 valence electrons. The van der Waals surface area contributed by atoms with E-state index in [1.807, 2.05) is 0 Å². The molecule has 0 spiro atoms. The number of carbonyl (C=O) groups excluding carboxylic acids is 1. The van der Waals surface area contributed by atoms with Crippen molar-refractivity contribution in [1.29, 1.82) is 0 Å². The van der Waals surface area contributed by atoms with Crippen molar-refractivity contribution in [2.75, 3.05) is 81.4 Å². The number of quaternary nitrogens is 1. The summed E-state index contributed by atoms with van der Waals surface area (Å²) in [5.74, 6) is -0.817. The van der Waals surface area contributed by atoms with Gasteiger partial charge in [-0.1, -0.05) is 15.9 Å². The van der Waals surface area contributed by atoms with Crippen LogP contribution in [0.5, 0.6) is 0 Å². The van der Waals surface area contributed by atoms with Gasteiger partial charge in [0.15, 0.2) is 9.84 Å². The SMILES string of the molecule is CS(=O)(=O)[O-].[2H]C([2H])([2H])C([2H])([2H])[NH+]1CCN(C(=O)c2cc(N(CCBr)CCOS(C)(=O)=O)c(S(C)(=O)=O)cc2[N+](=O)[O-])CC1. The largest absolute Gasteiger partial charge is 0.748 e. The average molecular weight is 687 g/mol. The van der Waals surface area contributed by atoms with Crippen molar-refractivity contribution in [3.8, 4) is 0 Å². The number of amides is 1. The van der Waals surface area contributed by atoms with Gasteiger partial charge in [-0.05, 0) is 12.9 Å². The summed E-state index contributed by atoms with van der Waals surface area (Å²) in [6, 6.07) is 1.85. The Labute approximate surface area is 244 Å². The van der Waals surface area contributed by atoms with E-state index in [2.05, 4.69) is 15.9 Å². The van der Waals surface area contributed by atoms with Crippen LogP contribution in [0.15, 0.2) is 17.0 Å². The zero-order valence-corrected chi connectivity index (χ0v) is 25.3. The van der Waals surface area contributed by atoms with E-state index < -0.39 is 70.4 Å². The Hall–Kier alpha value is -1.90. The number of carbonyl (C=O) groups is 1. The number of hydrogen-bond donors (Lipinski definition) is 1. The first-order valence-corrected chi connectivity index (χ1v) is 17.6. The summed E-state index contributed by atoms with van der Waals surface area (Å²) in [6.07, 6.45) is 2.29. The van der Waals surface area contributed by atoms with Gasteiger partial charge in [0.2, 0.25) is 0 Å². The number of nitrogens with zero attached hydrogens (tertiary/aromatic N) is 3. The standard InChI is InChI=1S/C19H29BrN4O8S2.CH4O3S/c1-4-21-7-9-23(10-8-21)19(25)15-13-17(18(33(2,28)29)14-16(15)24(26)27)22(6-5-20)11-12-32-34(3,30)31;1-5(2,3)4/h13-14H,4-12H2,1-3H3;1H3,(H,2,3,4)/i1D3,4D2;. The van der Waals surface area contributed by atoms with Gasteiger partial charge in [-0.25, -0.2) is 16.8 Å². The molecule has 0 unspecified atom stereocenters. The summed E-state index contributed by atoms with van der Waals surface area (Å²) in [7, 11) is -11.8. The van der Waals surface area contributed by atoms with Crippen LogP contribution in [0.3, 0.4) is 0 Å². The Balaban J connectivity index is 0.00000178. The molecule has 1 amide bonds. The highest BCUT2D eigenvalue weighted by Crippen LogP contribution is 2.34. The molecule has 1 aliphatic heterocycles. The van der Waals surface area contributed by atoms with Crippen LogP contribution in [-0.4, -0.2) is 122 Å². The van der Waals surface area contributed by atoms with Crippen molar-refractivity contribution in [3.63, 3.8) is 0 Å². The second kappa shape index (κ2) is 14.6. The molecule has 15 nitrogen and oxygen atoms in total. The summed E-state index contributed by atoms with van der Waals surface area (Å²) in [6.45, 7) is -6.16. The van der Waals surface area contributed by atoms with Crippen molar-refractivity contribution in [2.45, 2.75) is 11.7 Å². The number of nitro groups is 1. The van der Waals surface area contributed by atoms with Crippen LogP contribution < -0.4 is 9.80 Å². The van der Waals surface area contributed by atoms with E-state index in [0.29, 0.717) is 11.6 Å². The fourth-order valence-corrected chi connectivity index (χ4v) is 5.15. The third kappa shape index (κ3) is 12.4.